The Morgan fingerprint density at radius 1 is 1.06 bits per heavy atom. The van der Waals surface area contributed by atoms with E-state index in [0.29, 0.717) is 34.4 Å². The van der Waals surface area contributed by atoms with Gasteiger partial charge in [0.15, 0.2) is 5.84 Å². The van der Waals surface area contributed by atoms with Gasteiger partial charge in [0.05, 0.1) is 18.2 Å². The summed E-state index contributed by atoms with van der Waals surface area (Å²) in [6.45, 7) is 4.60. The molecule has 0 saturated carbocycles. The van der Waals surface area contributed by atoms with E-state index in [4.69, 9.17) is 31.6 Å². The van der Waals surface area contributed by atoms with E-state index in [1.165, 1.54) is 12.7 Å². The largest absolute Gasteiger partial charge is 0.496 e. The van der Waals surface area contributed by atoms with Crippen LogP contribution in [0.5, 0.6) is 11.5 Å². The molecule has 0 fully saturated rings. The van der Waals surface area contributed by atoms with Crippen molar-refractivity contribution in [1.29, 1.82) is 0 Å². The summed E-state index contributed by atoms with van der Waals surface area (Å²) in [4.78, 5) is 17.5. The molecule has 0 bridgehead atoms. The molecule has 3 aromatic rings. The van der Waals surface area contributed by atoms with Crippen LogP contribution in [0.2, 0.25) is 5.02 Å². The summed E-state index contributed by atoms with van der Waals surface area (Å²) in [5, 5.41) is 4.20. The van der Waals surface area contributed by atoms with Crippen molar-refractivity contribution in [1.82, 2.24) is 0 Å². The Labute approximate surface area is 192 Å². The molecular formula is C25H25ClN2O4. The van der Waals surface area contributed by atoms with E-state index in [2.05, 4.69) is 19.0 Å². The summed E-state index contributed by atoms with van der Waals surface area (Å²) < 4.78 is 11.1. The number of methoxy groups -OCH3 is 1. The van der Waals surface area contributed by atoms with Crippen LogP contribution in [0.4, 0.5) is 0 Å². The highest BCUT2D eigenvalue weighted by Crippen LogP contribution is 2.23. The first-order chi connectivity index (χ1) is 15.4. The Morgan fingerprint density at radius 2 is 1.81 bits per heavy atom. The fraction of sp³-hybridized carbons (Fsp3) is 0.200. The number of nitrogens with two attached hydrogens (primary N) is 1. The first kappa shape index (κ1) is 23.2. The van der Waals surface area contributed by atoms with Gasteiger partial charge < -0.3 is 20.0 Å². The normalized spacial score (nSPS) is 11.3. The van der Waals surface area contributed by atoms with Gasteiger partial charge in [0, 0.05) is 5.02 Å². The Kier molecular flexibility index (Phi) is 7.73. The van der Waals surface area contributed by atoms with E-state index < -0.39 is 5.97 Å². The number of nitrogens with zero attached hydrogens (tertiary/aromatic N) is 1. The molecule has 32 heavy (non-hydrogen) atoms. The predicted octanol–water partition coefficient (Wildman–Crippen LogP) is 5.53. The molecule has 0 heterocycles. The van der Waals surface area contributed by atoms with Crippen molar-refractivity contribution >= 4 is 23.4 Å². The van der Waals surface area contributed by atoms with E-state index in [0.717, 1.165) is 11.3 Å². The van der Waals surface area contributed by atoms with Crippen molar-refractivity contribution in [2.24, 2.45) is 10.9 Å². The number of halogens is 1. The highest BCUT2D eigenvalue weighted by molar-refractivity contribution is 6.31. The van der Waals surface area contributed by atoms with Gasteiger partial charge in [0.1, 0.15) is 18.1 Å². The summed E-state index contributed by atoms with van der Waals surface area (Å²) in [6, 6.07) is 19.8. The molecule has 0 saturated heterocycles. The van der Waals surface area contributed by atoms with Gasteiger partial charge in [-0.25, -0.2) is 4.79 Å². The van der Waals surface area contributed by atoms with E-state index in [-0.39, 0.29) is 5.84 Å². The van der Waals surface area contributed by atoms with Crippen LogP contribution in [0, 0.1) is 0 Å². The molecule has 7 heteroatoms. The van der Waals surface area contributed by atoms with Gasteiger partial charge >= 0.3 is 5.97 Å². The maximum atomic E-state index is 12.4. The van der Waals surface area contributed by atoms with Crippen LogP contribution in [0.3, 0.4) is 0 Å². The van der Waals surface area contributed by atoms with Crippen LogP contribution in [-0.4, -0.2) is 18.9 Å². The van der Waals surface area contributed by atoms with E-state index in [1.54, 1.807) is 36.4 Å². The lowest BCUT2D eigenvalue weighted by Crippen LogP contribution is -2.16. The zero-order valence-corrected chi connectivity index (χ0v) is 18.9. The molecule has 6 nitrogen and oxygen atoms in total. The third-order valence-corrected chi connectivity index (χ3v) is 5.01. The number of benzene rings is 3. The zero-order valence-electron chi connectivity index (χ0n) is 18.2. The van der Waals surface area contributed by atoms with Crippen molar-refractivity contribution in [3.63, 3.8) is 0 Å². The molecule has 0 aromatic heterocycles. The Bertz CT molecular complexity index is 1110. The van der Waals surface area contributed by atoms with Crippen molar-refractivity contribution < 1.29 is 19.1 Å². The predicted molar refractivity (Wildman–Crippen MR) is 125 cm³/mol. The average molecular weight is 453 g/mol. The lowest BCUT2D eigenvalue weighted by Gasteiger charge is -2.10. The second-order valence-electron chi connectivity index (χ2n) is 7.41. The Morgan fingerprint density at radius 3 is 2.50 bits per heavy atom. The van der Waals surface area contributed by atoms with Crippen LogP contribution < -0.4 is 15.2 Å². The molecule has 0 unspecified atom stereocenters. The number of ether oxygens (including phenoxy) is 2. The summed E-state index contributed by atoms with van der Waals surface area (Å²) in [5.74, 6) is 1.02. The average Bonchev–Trinajstić information content (AvgIpc) is 2.81. The molecule has 0 amide bonds. The number of oxime groups is 1. The summed E-state index contributed by atoms with van der Waals surface area (Å²) in [5.41, 5.74) is 8.78. The van der Waals surface area contributed by atoms with Gasteiger partial charge in [-0.2, -0.15) is 0 Å². The number of carbonyl (C=O) groups is 1. The molecule has 0 aliphatic heterocycles. The molecule has 0 aliphatic carbocycles. The lowest BCUT2D eigenvalue weighted by atomic mass is 10.0. The Hall–Kier alpha value is -3.51. The van der Waals surface area contributed by atoms with Crippen LogP contribution in [-0.2, 0) is 11.4 Å². The van der Waals surface area contributed by atoms with Gasteiger partial charge in [-0.1, -0.05) is 54.9 Å². The highest BCUT2D eigenvalue weighted by Gasteiger charge is 2.12. The van der Waals surface area contributed by atoms with Crippen LogP contribution >= 0.6 is 11.6 Å². The molecule has 0 radical (unpaired) electrons. The minimum absolute atomic E-state index is 0.0259. The number of hydrogen-bond donors (Lipinski definition) is 1. The molecule has 166 valence electrons. The van der Waals surface area contributed by atoms with Crippen molar-refractivity contribution in [3.05, 3.63) is 94.0 Å². The number of amidine groups is 1. The van der Waals surface area contributed by atoms with Gasteiger partial charge in [0.2, 0.25) is 0 Å². The summed E-state index contributed by atoms with van der Waals surface area (Å²) in [7, 11) is 1.50. The maximum absolute atomic E-state index is 12.4. The summed E-state index contributed by atoms with van der Waals surface area (Å²) in [6.07, 6.45) is 0. The first-order valence-electron chi connectivity index (χ1n) is 10.1. The number of hydrogen-bond acceptors (Lipinski definition) is 5. The molecule has 0 atom stereocenters. The smallest absolute Gasteiger partial charge is 0.365 e. The third-order valence-electron chi connectivity index (χ3n) is 4.78. The summed E-state index contributed by atoms with van der Waals surface area (Å²) >= 11 is 6.00. The fourth-order valence-electron chi connectivity index (χ4n) is 2.98. The van der Waals surface area contributed by atoms with Crippen molar-refractivity contribution in [2.75, 3.05) is 7.11 Å². The fourth-order valence-corrected chi connectivity index (χ4v) is 3.15. The van der Waals surface area contributed by atoms with E-state index in [1.807, 2.05) is 30.3 Å². The molecule has 0 spiro atoms. The van der Waals surface area contributed by atoms with Gasteiger partial charge in [-0.15, -0.1) is 0 Å². The minimum atomic E-state index is -0.642. The topological polar surface area (TPSA) is 83.1 Å². The second-order valence-corrected chi connectivity index (χ2v) is 7.85. The van der Waals surface area contributed by atoms with Crippen molar-refractivity contribution in [3.8, 4) is 11.5 Å². The number of carbonyl (C=O) groups excluding carboxylic acids is 1. The maximum Gasteiger partial charge on any atom is 0.365 e. The SMILES string of the molecule is COc1ccc(Cl)cc1/C(N)=N/OC(=O)c1cccc(COc2ccc(C(C)C)cc2)c1. The van der Waals surface area contributed by atoms with Crippen LogP contribution in [0.1, 0.15) is 46.8 Å². The standard InChI is InChI=1S/C25H25ClN2O4/c1-16(2)18-7-10-21(11-8-18)31-15-17-5-4-6-19(13-17)25(29)32-28-24(27)22-14-20(26)9-12-23(22)30-3/h4-14,16H,15H2,1-3H3,(H2,27,28). The highest BCUT2D eigenvalue weighted by atomic mass is 35.5. The van der Waals surface area contributed by atoms with Gasteiger partial charge in [0.25, 0.3) is 0 Å². The molecule has 3 aromatic carbocycles. The quantitative estimate of drug-likeness (QED) is 0.210. The van der Waals surface area contributed by atoms with E-state index >= 15 is 0 Å². The van der Waals surface area contributed by atoms with Crippen LogP contribution in [0.15, 0.2) is 71.9 Å². The van der Waals surface area contributed by atoms with Gasteiger partial charge in [-0.3, -0.25) is 0 Å². The molecule has 2 N–H and O–H groups in total. The molecule has 3 rings (SSSR count). The molecule has 0 aliphatic rings. The lowest BCUT2D eigenvalue weighted by molar-refractivity contribution is 0.0515. The Balaban J connectivity index is 1.65. The first-order valence-corrected chi connectivity index (χ1v) is 10.5. The monoisotopic (exact) mass is 452 g/mol. The van der Waals surface area contributed by atoms with Gasteiger partial charge in [-0.05, 0) is 59.5 Å². The second kappa shape index (κ2) is 10.7. The zero-order chi connectivity index (χ0) is 23.1. The van der Waals surface area contributed by atoms with Crippen LogP contribution in [0.25, 0.3) is 0 Å². The third kappa shape index (κ3) is 6.02. The van der Waals surface area contributed by atoms with E-state index in [9.17, 15) is 4.79 Å². The number of rotatable bonds is 8. The molecular weight excluding hydrogens is 428 g/mol. The van der Waals surface area contributed by atoms with Crippen molar-refractivity contribution in [2.45, 2.75) is 26.4 Å². The minimum Gasteiger partial charge on any atom is -0.496 e.